The lowest BCUT2D eigenvalue weighted by Crippen LogP contribution is -2.54. The van der Waals surface area contributed by atoms with E-state index >= 15 is 0 Å². The van der Waals surface area contributed by atoms with Gasteiger partial charge in [0.05, 0.1) is 40.3 Å². The number of nitrogen functional groups attached to an aromatic ring is 1. The Bertz CT molecular complexity index is 2930. The lowest BCUT2D eigenvalue weighted by atomic mass is 9.82. The summed E-state index contributed by atoms with van der Waals surface area (Å²) in [6.45, 7) is 4.53. The van der Waals surface area contributed by atoms with E-state index in [4.69, 9.17) is 10.5 Å². The van der Waals surface area contributed by atoms with Crippen LogP contribution in [0, 0.1) is 5.92 Å². The molecule has 0 saturated carbocycles. The summed E-state index contributed by atoms with van der Waals surface area (Å²) in [7, 11) is -7.88. The number of anilines is 3. The summed E-state index contributed by atoms with van der Waals surface area (Å²) < 4.78 is 63.2. The summed E-state index contributed by atoms with van der Waals surface area (Å²) in [5.41, 5.74) is 9.16. The summed E-state index contributed by atoms with van der Waals surface area (Å²) in [4.78, 5) is 70.4. The van der Waals surface area contributed by atoms with Crippen molar-refractivity contribution in [2.24, 2.45) is 5.92 Å². The highest BCUT2D eigenvalue weighted by Crippen LogP contribution is 2.45. The number of carbonyl (C=O) groups is 5. The topological polar surface area (TPSA) is 255 Å². The van der Waals surface area contributed by atoms with Gasteiger partial charge < -0.3 is 31.7 Å². The van der Waals surface area contributed by atoms with Crippen molar-refractivity contribution in [3.63, 3.8) is 0 Å². The molecule has 0 spiro atoms. The van der Waals surface area contributed by atoms with Crippen LogP contribution >= 0.6 is 0 Å². The van der Waals surface area contributed by atoms with Crippen molar-refractivity contribution in [2.45, 2.75) is 48.6 Å². The van der Waals surface area contributed by atoms with Gasteiger partial charge in [-0.25, -0.2) is 18.1 Å². The van der Waals surface area contributed by atoms with Gasteiger partial charge in [-0.15, -0.1) is 4.33 Å². The van der Waals surface area contributed by atoms with E-state index < -0.39 is 89.3 Å². The van der Waals surface area contributed by atoms with E-state index in [2.05, 4.69) is 30.5 Å². The average molecular weight is 924 g/mol. The zero-order valence-electron chi connectivity index (χ0n) is 35.5. The van der Waals surface area contributed by atoms with Crippen LogP contribution in [0.4, 0.5) is 21.9 Å². The van der Waals surface area contributed by atoms with E-state index in [1.807, 2.05) is 48.5 Å². The number of rotatable bonds is 16. The Labute approximate surface area is 375 Å². The Kier molecular flexibility index (Phi) is 13.2. The highest BCUT2D eigenvalue weighted by Gasteiger charge is 2.38. The van der Waals surface area contributed by atoms with Crippen molar-refractivity contribution < 1.29 is 54.8 Å². The SMILES string of the molecule is COOS(=O)(=O)c1cc(Nc2cccc(S(=O)(=O)CCNC(=O)C(C)NC(=O)C(NC(=O)OCC3c4ccccc4-c4ccccc43)C(C)C)c2)c2c(c1N)C(=O)c1ccccc1C2=O. The molecule has 2 atom stereocenters. The minimum absolute atomic E-state index is 0.00432. The average Bonchev–Trinajstić information content (AvgIpc) is 3.60. The van der Waals surface area contributed by atoms with E-state index in [1.165, 1.54) is 49.4 Å². The smallest absolute Gasteiger partial charge is 0.407 e. The minimum atomic E-state index is -4.73. The zero-order chi connectivity index (χ0) is 46.8. The highest BCUT2D eigenvalue weighted by molar-refractivity contribution is 7.91. The summed E-state index contributed by atoms with van der Waals surface area (Å²) in [5.74, 6) is -3.86. The molecule has 3 amide bonds. The molecule has 17 nitrogen and oxygen atoms in total. The molecule has 2 aliphatic carbocycles. The molecule has 6 N–H and O–H groups in total. The molecule has 2 unspecified atom stereocenters. The predicted octanol–water partition coefficient (Wildman–Crippen LogP) is 5.01. The molecule has 0 bridgehead atoms. The monoisotopic (exact) mass is 923 g/mol. The van der Waals surface area contributed by atoms with E-state index in [0.717, 1.165) is 35.4 Å². The van der Waals surface area contributed by atoms with Gasteiger partial charge in [-0.05, 0) is 59.4 Å². The lowest BCUT2D eigenvalue weighted by Gasteiger charge is -2.24. The summed E-state index contributed by atoms with van der Waals surface area (Å²) in [6.07, 6.45) is -0.807. The molecule has 19 heteroatoms. The van der Waals surface area contributed by atoms with Gasteiger partial charge in [0.1, 0.15) is 23.6 Å². The van der Waals surface area contributed by atoms with Crippen LogP contribution in [0.1, 0.15) is 69.7 Å². The van der Waals surface area contributed by atoms with Gasteiger partial charge in [-0.2, -0.15) is 8.42 Å². The maximum absolute atomic E-state index is 13.8. The molecular formula is C46H45N5O12S2. The zero-order valence-corrected chi connectivity index (χ0v) is 37.2. The van der Waals surface area contributed by atoms with E-state index in [0.29, 0.717) is 0 Å². The second-order valence-electron chi connectivity index (χ2n) is 15.7. The number of benzene rings is 5. The van der Waals surface area contributed by atoms with Gasteiger partial charge >= 0.3 is 16.2 Å². The van der Waals surface area contributed by atoms with Crippen molar-refractivity contribution >= 4 is 66.5 Å². The molecule has 338 valence electrons. The molecule has 0 saturated heterocycles. The standard InChI is InChI=1S/C46H45N5O12S2/c1-25(2)41(51-46(56)62-24-35-31-16-7-5-14-29(31)30-15-6-8-17-32(30)35)45(55)49-26(3)44(54)48-20-21-64(57,58)28-13-11-12-27(22-28)50-36-23-37(65(59,60)63-61-4)40(47)39-38(36)42(52)33-18-9-10-19-34(33)43(39)53/h5-19,22-23,25-26,35,41,50H,20-21,24,47H2,1-4H3,(H,48,54)(H,49,55)(H,51,56). The fraction of sp³-hybridized carbons (Fsp3) is 0.239. The number of fused-ring (bicyclic) bond motifs is 5. The maximum atomic E-state index is 13.8. The Morgan fingerprint density at radius 3 is 1.91 bits per heavy atom. The molecular weight excluding hydrogens is 879 g/mol. The van der Waals surface area contributed by atoms with Crippen molar-refractivity contribution in [2.75, 3.05) is 37.1 Å². The van der Waals surface area contributed by atoms with Crippen LogP contribution in [-0.4, -0.2) is 84.4 Å². The van der Waals surface area contributed by atoms with Crippen LogP contribution in [0.2, 0.25) is 0 Å². The molecule has 0 fully saturated rings. The van der Waals surface area contributed by atoms with Gasteiger partial charge in [0.2, 0.25) is 11.8 Å². The third-order valence-corrected chi connectivity index (χ3v) is 14.0. The first-order valence-corrected chi connectivity index (χ1v) is 23.4. The number of nitrogens with two attached hydrogens (primary N) is 1. The fourth-order valence-corrected chi connectivity index (χ4v) is 9.98. The van der Waals surface area contributed by atoms with Gasteiger partial charge in [0, 0.05) is 29.3 Å². The van der Waals surface area contributed by atoms with Crippen molar-refractivity contribution in [3.05, 3.63) is 137 Å². The molecule has 0 aromatic heterocycles. The minimum Gasteiger partial charge on any atom is -0.449 e. The number of sulfone groups is 1. The number of nitrogens with one attached hydrogen (secondary N) is 4. The first-order chi connectivity index (χ1) is 30.9. The number of alkyl carbamates (subject to hydrolysis) is 1. The Balaban J connectivity index is 0.975. The second kappa shape index (κ2) is 18.7. The number of amides is 3. The van der Waals surface area contributed by atoms with Crippen molar-refractivity contribution in [3.8, 4) is 11.1 Å². The number of hydrogen-bond donors (Lipinski definition) is 5. The van der Waals surface area contributed by atoms with Crippen LogP contribution in [0.15, 0.2) is 113 Å². The Hall–Kier alpha value is -6.93. The molecule has 2 aliphatic rings. The van der Waals surface area contributed by atoms with Gasteiger partial charge in [-0.1, -0.05) is 92.7 Å². The van der Waals surface area contributed by atoms with Gasteiger partial charge in [0.15, 0.2) is 21.4 Å². The van der Waals surface area contributed by atoms with E-state index in [-0.39, 0.29) is 52.0 Å². The first kappa shape index (κ1) is 46.1. The normalized spacial score (nSPS) is 14.0. The Morgan fingerprint density at radius 1 is 0.723 bits per heavy atom. The van der Waals surface area contributed by atoms with Crippen molar-refractivity contribution in [1.29, 1.82) is 0 Å². The van der Waals surface area contributed by atoms with Gasteiger partial charge in [0.25, 0.3) is 0 Å². The third-order valence-electron chi connectivity index (χ3n) is 11.1. The van der Waals surface area contributed by atoms with Crippen LogP contribution < -0.4 is 27.0 Å². The molecule has 5 aromatic carbocycles. The molecule has 0 radical (unpaired) electrons. The quantitative estimate of drug-likeness (QED) is 0.0486. The molecule has 7 rings (SSSR count). The van der Waals surface area contributed by atoms with Crippen LogP contribution in [0.25, 0.3) is 11.1 Å². The number of carbonyl (C=O) groups excluding carboxylic acids is 5. The fourth-order valence-electron chi connectivity index (χ4n) is 7.90. The predicted molar refractivity (Wildman–Crippen MR) is 239 cm³/mol. The number of ether oxygens (including phenoxy) is 1. The summed E-state index contributed by atoms with van der Waals surface area (Å²) in [5, 5.41) is 10.6. The first-order valence-electron chi connectivity index (χ1n) is 20.3. The number of ketones is 2. The second-order valence-corrected chi connectivity index (χ2v) is 19.3. The maximum Gasteiger partial charge on any atom is 0.407 e. The van der Waals surface area contributed by atoms with E-state index in [1.54, 1.807) is 19.9 Å². The van der Waals surface area contributed by atoms with Gasteiger partial charge in [-0.3, -0.25) is 19.2 Å². The summed E-state index contributed by atoms with van der Waals surface area (Å²) >= 11 is 0. The van der Waals surface area contributed by atoms with Crippen LogP contribution in [0.3, 0.4) is 0 Å². The molecule has 65 heavy (non-hydrogen) atoms. The third kappa shape index (κ3) is 9.35. The molecule has 5 aromatic rings. The highest BCUT2D eigenvalue weighted by atomic mass is 32.2. The largest absolute Gasteiger partial charge is 0.449 e. The van der Waals surface area contributed by atoms with Crippen LogP contribution in [0.5, 0.6) is 0 Å². The van der Waals surface area contributed by atoms with Crippen molar-refractivity contribution in [1.82, 2.24) is 16.0 Å². The number of hydrogen-bond acceptors (Lipinski definition) is 14. The summed E-state index contributed by atoms with van der Waals surface area (Å²) in [6, 6.07) is 25.9. The molecule has 0 aliphatic heterocycles. The van der Waals surface area contributed by atoms with E-state index in [9.17, 15) is 40.8 Å². The Morgan fingerprint density at radius 2 is 1.31 bits per heavy atom. The lowest BCUT2D eigenvalue weighted by molar-refractivity contribution is -0.172. The molecule has 0 heterocycles. The van der Waals surface area contributed by atoms with Crippen LogP contribution in [-0.2, 0) is 43.5 Å².